The second kappa shape index (κ2) is 8.17. The van der Waals surface area contributed by atoms with Gasteiger partial charge in [0.1, 0.15) is 0 Å². The van der Waals surface area contributed by atoms with Crippen LogP contribution in [0.2, 0.25) is 0 Å². The van der Waals surface area contributed by atoms with Crippen LogP contribution in [-0.2, 0) is 9.47 Å². The molecular formula is C14H30N2O3. The molecule has 114 valence electrons. The number of hydrogen-bond acceptors (Lipinski definition) is 5. The van der Waals surface area contributed by atoms with E-state index >= 15 is 0 Å². The molecule has 0 saturated carbocycles. The number of hydrogen-bond donors (Lipinski definition) is 2. The number of ether oxygens (including phenoxy) is 2. The topological polar surface area (TPSA) is 54.0 Å². The van der Waals surface area contributed by atoms with E-state index < -0.39 is 6.10 Å². The quantitative estimate of drug-likeness (QED) is 0.640. The smallest absolute Gasteiger partial charge is 0.0897 e. The lowest BCUT2D eigenvalue weighted by atomic mass is 10.0. The Morgan fingerprint density at radius 3 is 2.79 bits per heavy atom. The van der Waals surface area contributed by atoms with Gasteiger partial charge < -0.3 is 24.8 Å². The zero-order valence-electron chi connectivity index (χ0n) is 12.8. The molecule has 2 N–H and O–H groups in total. The van der Waals surface area contributed by atoms with Crippen molar-refractivity contribution in [1.29, 1.82) is 0 Å². The Bertz CT molecular complexity index is 241. The lowest BCUT2D eigenvalue weighted by Gasteiger charge is -2.33. The first-order valence-electron chi connectivity index (χ1n) is 7.17. The number of rotatable bonds is 9. The monoisotopic (exact) mass is 274 g/mol. The molecule has 0 aromatic heterocycles. The maximum absolute atomic E-state index is 9.82. The van der Waals surface area contributed by atoms with Gasteiger partial charge in [-0.05, 0) is 40.8 Å². The van der Waals surface area contributed by atoms with E-state index in [0.717, 1.165) is 26.0 Å². The van der Waals surface area contributed by atoms with Crippen LogP contribution in [0.4, 0.5) is 0 Å². The first-order valence-corrected chi connectivity index (χ1v) is 7.17. The van der Waals surface area contributed by atoms with E-state index in [9.17, 15) is 5.11 Å². The van der Waals surface area contributed by atoms with Crippen LogP contribution in [0.5, 0.6) is 0 Å². The highest BCUT2D eigenvalue weighted by atomic mass is 16.5. The lowest BCUT2D eigenvalue weighted by Crippen LogP contribution is -2.48. The summed E-state index contributed by atoms with van der Waals surface area (Å²) in [6.07, 6.45) is 1.97. The zero-order valence-corrected chi connectivity index (χ0v) is 12.8. The van der Waals surface area contributed by atoms with Gasteiger partial charge in [0.25, 0.3) is 0 Å². The molecule has 0 bridgehead atoms. The molecule has 2 unspecified atom stereocenters. The van der Waals surface area contributed by atoms with Gasteiger partial charge in [-0.15, -0.1) is 0 Å². The van der Waals surface area contributed by atoms with Gasteiger partial charge in [-0.1, -0.05) is 0 Å². The Morgan fingerprint density at radius 2 is 2.21 bits per heavy atom. The fraction of sp³-hybridized carbons (Fsp3) is 1.00. The molecule has 1 aliphatic heterocycles. The van der Waals surface area contributed by atoms with Crippen molar-refractivity contribution in [1.82, 2.24) is 10.2 Å². The molecular weight excluding hydrogens is 244 g/mol. The van der Waals surface area contributed by atoms with Crippen LogP contribution in [0.3, 0.4) is 0 Å². The minimum Gasteiger partial charge on any atom is -0.389 e. The molecule has 5 heteroatoms. The fourth-order valence-corrected chi connectivity index (χ4v) is 1.87. The third-order valence-electron chi connectivity index (χ3n) is 3.79. The van der Waals surface area contributed by atoms with E-state index in [1.54, 1.807) is 0 Å². The van der Waals surface area contributed by atoms with E-state index in [2.05, 4.69) is 38.2 Å². The summed E-state index contributed by atoms with van der Waals surface area (Å²) in [4.78, 5) is 2.17. The van der Waals surface area contributed by atoms with Gasteiger partial charge in [-0.3, -0.25) is 0 Å². The second-order valence-corrected chi connectivity index (χ2v) is 6.16. The molecule has 1 rings (SSSR count). The van der Waals surface area contributed by atoms with Gasteiger partial charge in [-0.25, -0.2) is 0 Å². The predicted molar refractivity (Wildman–Crippen MR) is 76.4 cm³/mol. The highest BCUT2D eigenvalue weighted by Crippen LogP contribution is 2.12. The SMILES string of the molecule is CN(C)C(C)(C)CNCC(O)COCC1CCCO1. The maximum atomic E-state index is 9.82. The standard InChI is InChI=1S/C14H30N2O3/c1-14(2,16(3)4)11-15-8-12(17)9-18-10-13-6-5-7-19-13/h12-13,15,17H,5-11H2,1-4H3. The van der Waals surface area contributed by atoms with Gasteiger partial charge in [0.05, 0.1) is 25.4 Å². The lowest BCUT2D eigenvalue weighted by molar-refractivity contribution is -0.0169. The molecule has 1 aliphatic rings. The predicted octanol–water partition coefficient (Wildman–Crippen LogP) is 0.473. The van der Waals surface area contributed by atoms with Crippen molar-refractivity contribution in [3.8, 4) is 0 Å². The van der Waals surface area contributed by atoms with E-state index in [1.165, 1.54) is 0 Å². The molecule has 0 aliphatic carbocycles. The Balaban J connectivity index is 2.02. The molecule has 5 nitrogen and oxygen atoms in total. The van der Waals surface area contributed by atoms with Crippen LogP contribution in [-0.4, -0.2) is 74.8 Å². The molecule has 0 aromatic carbocycles. The third-order valence-corrected chi connectivity index (χ3v) is 3.79. The van der Waals surface area contributed by atoms with Crippen molar-refractivity contribution in [2.45, 2.75) is 44.4 Å². The first kappa shape index (κ1) is 16.9. The van der Waals surface area contributed by atoms with E-state index in [1.807, 2.05) is 0 Å². The largest absolute Gasteiger partial charge is 0.389 e. The van der Waals surface area contributed by atoms with Gasteiger partial charge in [0.15, 0.2) is 0 Å². The van der Waals surface area contributed by atoms with Crippen molar-refractivity contribution in [2.75, 3.05) is 47.0 Å². The molecule has 2 atom stereocenters. The van der Waals surface area contributed by atoms with Crippen molar-refractivity contribution in [3.05, 3.63) is 0 Å². The van der Waals surface area contributed by atoms with Gasteiger partial charge in [-0.2, -0.15) is 0 Å². The van der Waals surface area contributed by atoms with E-state index in [-0.39, 0.29) is 11.6 Å². The summed E-state index contributed by atoms with van der Waals surface area (Å²) in [7, 11) is 4.12. The fourth-order valence-electron chi connectivity index (χ4n) is 1.87. The highest BCUT2D eigenvalue weighted by Gasteiger charge is 2.20. The minimum absolute atomic E-state index is 0.0816. The summed E-state index contributed by atoms with van der Waals surface area (Å²) in [5.74, 6) is 0. The molecule has 0 radical (unpaired) electrons. The van der Waals surface area contributed by atoms with Crippen LogP contribution in [0.1, 0.15) is 26.7 Å². The van der Waals surface area contributed by atoms with Crippen LogP contribution < -0.4 is 5.32 Å². The summed E-state index contributed by atoms with van der Waals surface area (Å²) >= 11 is 0. The Labute approximate surface area is 117 Å². The van der Waals surface area contributed by atoms with Gasteiger partial charge in [0.2, 0.25) is 0 Å². The van der Waals surface area contributed by atoms with Crippen LogP contribution in [0, 0.1) is 0 Å². The number of likely N-dealkylation sites (N-methyl/N-ethyl adjacent to an activating group) is 1. The Hall–Kier alpha value is -0.200. The molecule has 1 saturated heterocycles. The third kappa shape index (κ3) is 6.68. The van der Waals surface area contributed by atoms with Crippen LogP contribution >= 0.6 is 0 Å². The Kier molecular flexibility index (Phi) is 7.25. The average Bonchev–Trinajstić information content (AvgIpc) is 2.81. The maximum Gasteiger partial charge on any atom is 0.0897 e. The van der Waals surface area contributed by atoms with Gasteiger partial charge in [0, 0.05) is 25.2 Å². The van der Waals surface area contributed by atoms with Crippen LogP contribution in [0.25, 0.3) is 0 Å². The highest BCUT2D eigenvalue weighted by molar-refractivity contribution is 4.80. The number of nitrogens with zero attached hydrogens (tertiary/aromatic N) is 1. The molecule has 0 spiro atoms. The summed E-state index contributed by atoms with van der Waals surface area (Å²) in [5, 5.41) is 13.1. The summed E-state index contributed by atoms with van der Waals surface area (Å²) in [6, 6.07) is 0. The van der Waals surface area contributed by atoms with Crippen molar-refractivity contribution >= 4 is 0 Å². The first-order chi connectivity index (χ1) is 8.92. The molecule has 0 aromatic rings. The van der Waals surface area contributed by atoms with E-state index in [4.69, 9.17) is 9.47 Å². The average molecular weight is 274 g/mol. The number of nitrogens with one attached hydrogen (secondary N) is 1. The molecule has 1 fully saturated rings. The summed E-state index contributed by atoms with van der Waals surface area (Å²) in [5.41, 5.74) is 0.0816. The minimum atomic E-state index is -0.459. The van der Waals surface area contributed by atoms with Gasteiger partial charge >= 0.3 is 0 Å². The van der Waals surface area contributed by atoms with Crippen molar-refractivity contribution in [2.24, 2.45) is 0 Å². The molecule has 1 heterocycles. The van der Waals surface area contributed by atoms with Crippen LogP contribution in [0.15, 0.2) is 0 Å². The Morgan fingerprint density at radius 1 is 1.47 bits per heavy atom. The van der Waals surface area contributed by atoms with E-state index in [0.29, 0.717) is 19.8 Å². The molecule has 19 heavy (non-hydrogen) atoms. The summed E-state index contributed by atoms with van der Waals surface area (Å²) in [6.45, 7) is 7.54. The normalized spacial score (nSPS) is 22.1. The number of aliphatic hydroxyl groups excluding tert-OH is 1. The summed E-state index contributed by atoms with van der Waals surface area (Å²) < 4.78 is 10.9. The van der Waals surface area contributed by atoms with Crippen molar-refractivity contribution < 1.29 is 14.6 Å². The molecule has 0 amide bonds. The second-order valence-electron chi connectivity index (χ2n) is 6.16. The zero-order chi connectivity index (χ0) is 14.3. The van der Waals surface area contributed by atoms with Crippen molar-refractivity contribution in [3.63, 3.8) is 0 Å². The number of aliphatic hydroxyl groups is 1.